The Morgan fingerprint density at radius 2 is 1.81 bits per heavy atom. The van der Waals surface area contributed by atoms with Crippen LogP contribution in [0.4, 0.5) is 5.88 Å². The van der Waals surface area contributed by atoms with Crippen LogP contribution >= 0.6 is 0 Å². The maximum atomic E-state index is 13.5. The largest absolute Gasteiger partial charge is 0.445 e. The molecule has 3 heterocycles. The first-order valence-electron chi connectivity index (χ1n) is 11.8. The summed E-state index contributed by atoms with van der Waals surface area (Å²) in [5.74, 6) is 0.652. The Bertz CT molecular complexity index is 1460. The van der Waals surface area contributed by atoms with Gasteiger partial charge < -0.3 is 13.8 Å². The van der Waals surface area contributed by atoms with Crippen LogP contribution in [0.15, 0.2) is 68.8 Å². The lowest BCUT2D eigenvalue weighted by Gasteiger charge is -2.33. The summed E-state index contributed by atoms with van der Waals surface area (Å²) < 4.78 is 40.3. The first-order valence-corrected chi connectivity index (χ1v) is 13.3. The van der Waals surface area contributed by atoms with E-state index in [0.29, 0.717) is 29.3 Å². The standard InChI is InChI=1S/C26H29N5O4S/c1-18-19(2)28-35-25(18)29-36(32,33)24-7-5-4-6-23(24)22-9-8-20(26-27-10-15-34-26)16-21(22)17-31-13-11-30(3)12-14-31/h4-10,15-16,29H,11-14,17H2,1-3H3. The fourth-order valence-electron chi connectivity index (χ4n) is 4.34. The second-order valence-corrected chi connectivity index (χ2v) is 10.8. The second kappa shape index (κ2) is 9.88. The molecule has 2 aromatic carbocycles. The molecule has 0 bridgehead atoms. The lowest BCUT2D eigenvalue weighted by molar-refractivity contribution is 0.148. The van der Waals surface area contributed by atoms with Gasteiger partial charge in [-0.1, -0.05) is 29.4 Å². The third kappa shape index (κ3) is 4.92. The van der Waals surface area contributed by atoms with Gasteiger partial charge in [-0.2, -0.15) is 0 Å². The van der Waals surface area contributed by atoms with Gasteiger partial charge >= 0.3 is 0 Å². The summed E-state index contributed by atoms with van der Waals surface area (Å²) in [6.45, 7) is 8.06. The van der Waals surface area contributed by atoms with Crippen molar-refractivity contribution in [1.29, 1.82) is 0 Å². The number of aryl methyl sites for hydroxylation is 1. The number of rotatable bonds is 7. The summed E-state index contributed by atoms with van der Waals surface area (Å²) in [6, 6.07) is 12.9. The zero-order valence-electron chi connectivity index (χ0n) is 20.6. The number of nitrogens with one attached hydrogen (secondary N) is 1. The Morgan fingerprint density at radius 3 is 2.50 bits per heavy atom. The van der Waals surface area contributed by atoms with Crippen molar-refractivity contribution < 1.29 is 17.4 Å². The van der Waals surface area contributed by atoms with Crippen LogP contribution in [0.2, 0.25) is 0 Å². The van der Waals surface area contributed by atoms with E-state index < -0.39 is 10.0 Å². The predicted octanol–water partition coefficient (Wildman–Crippen LogP) is 4.16. The maximum absolute atomic E-state index is 13.5. The lowest BCUT2D eigenvalue weighted by atomic mass is 9.96. The summed E-state index contributed by atoms with van der Waals surface area (Å²) in [5.41, 5.74) is 4.60. The van der Waals surface area contributed by atoms with Crippen LogP contribution in [0.25, 0.3) is 22.6 Å². The van der Waals surface area contributed by atoms with E-state index in [-0.39, 0.29) is 10.8 Å². The fraction of sp³-hybridized carbons (Fsp3) is 0.308. The molecule has 0 aliphatic carbocycles. The molecule has 10 heteroatoms. The monoisotopic (exact) mass is 507 g/mol. The minimum Gasteiger partial charge on any atom is -0.445 e. The van der Waals surface area contributed by atoms with Crippen molar-refractivity contribution in [3.8, 4) is 22.6 Å². The van der Waals surface area contributed by atoms with Crippen LogP contribution in [0.3, 0.4) is 0 Å². The maximum Gasteiger partial charge on any atom is 0.264 e. The average molecular weight is 508 g/mol. The molecule has 0 unspecified atom stereocenters. The molecule has 1 N–H and O–H groups in total. The molecule has 0 amide bonds. The molecule has 0 radical (unpaired) electrons. The third-order valence-corrected chi connectivity index (χ3v) is 8.01. The molecule has 36 heavy (non-hydrogen) atoms. The molecule has 188 valence electrons. The molecule has 0 atom stereocenters. The molecule has 0 spiro atoms. The van der Waals surface area contributed by atoms with Crippen LogP contribution in [0.1, 0.15) is 16.8 Å². The zero-order chi connectivity index (χ0) is 25.3. The summed E-state index contributed by atoms with van der Waals surface area (Å²) in [7, 11) is -1.82. The van der Waals surface area contributed by atoms with Crippen molar-refractivity contribution in [2.24, 2.45) is 0 Å². The first kappa shape index (κ1) is 24.2. The van der Waals surface area contributed by atoms with Gasteiger partial charge in [-0.15, -0.1) is 0 Å². The van der Waals surface area contributed by atoms with Crippen LogP contribution in [0.5, 0.6) is 0 Å². The Labute approximate surface area is 210 Å². The summed E-state index contributed by atoms with van der Waals surface area (Å²) in [5, 5.41) is 3.87. The van der Waals surface area contributed by atoms with Gasteiger partial charge in [0.15, 0.2) is 0 Å². The van der Waals surface area contributed by atoms with Gasteiger partial charge in [0.1, 0.15) is 6.26 Å². The smallest absolute Gasteiger partial charge is 0.264 e. The first-order chi connectivity index (χ1) is 17.3. The van der Waals surface area contributed by atoms with E-state index in [4.69, 9.17) is 8.94 Å². The van der Waals surface area contributed by atoms with E-state index in [0.717, 1.165) is 42.9 Å². The number of aromatic nitrogens is 2. The molecule has 9 nitrogen and oxygen atoms in total. The minimum atomic E-state index is -3.95. The highest BCUT2D eigenvalue weighted by molar-refractivity contribution is 7.92. The van der Waals surface area contributed by atoms with Crippen LogP contribution in [0, 0.1) is 13.8 Å². The molecule has 4 aromatic rings. The van der Waals surface area contributed by atoms with Gasteiger partial charge in [0.2, 0.25) is 11.8 Å². The third-order valence-electron chi connectivity index (χ3n) is 6.63. The molecule has 1 fully saturated rings. The fourth-order valence-corrected chi connectivity index (χ4v) is 5.61. The van der Waals surface area contributed by atoms with Crippen molar-refractivity contribution >= 4 is 15.9 Å². The summed E-state index contributed by atoms with van der Waals surface area (Å²) in [6.07, 6.45) is 3.16. The topological polar surface area (TPSA) is 105 Å². The van der Waals surface area contributed by atoms with E-state index >= 15 is 0 Å². The van der Waals surface area contributed by atoms with Crippen LogP contribution < -0.4 is 4.72 Å². The number of likely N-dealkylation sites (N-methyl/N-ethyl adjacent to an activating group) is 1. The molecule has 1 saturated heterocycles. The highest BCUT2D eigenvalue weighted by Gasteiger charge is 2.25. The van der Waals surface area contributed by atoms with Gasteiger partial charge in [0.05, 0.1) is 16.8 Å². The Morgan fingerprint density at radius 1 is 1.03 bits per heavy atom. The van der Waals surface area contributed by atoms with Crippen LogP contribution in [-0.4, -0.2) is 61.6 Å². The number of piperazine rings is 1. The Balaban J connectivity index is 1.56. The Kier molecular flexibility index (Phi) is 6.65. The predicted molar refractivity (Wildman–Crippen MR) is 137 cm³/mol. The van der Waals surface area contributed by atoms with E-state index in [1.54, 1.807) is 38.4 Å². The van der Waals surface area contributed by atoms with Crippen molar-refractivity contribution in [3.63, 3.8) is 0 Å². The SMILES string of the molecule is Cc1noc(NS(=O)(=O)c2ccccc2-c2ccc(-c3ncco3)cc2CN2CCN(C)CC2)c1C. The molecule has 5 rings (SSSR count). The van der Waals surface area contributed by atoms with Crippen molar-refractivity contribution in [1.82, 2.24) is 19.9 Å². The highest BCUT2D eigenvalue weighted by Crippen LogP contribution is 2.35. The normalized spacial score (nSPS) is 15.3. The van der Waals surface area contributed by atoms with E-state index in [2.05, 4.69) is 31.7 Å². The van der Waals surface area contributed by atoms with Crippen molar-refractivity contribution in [2.75, 3.05) is 37.9 Å². The number of sulfonamides is 1. The van der Waals surface area contributed by atoms with E-state index in [1.807, 2.05) is 30.3 Å². The molecular weight excluding hydrogens is 478 g/mol. The van der Waals surface area contributed by atoms with E-state index in [1.165, 1.54) is 0 Å². The van der Waals surface area contributed by atoms with Crippen molar-refractivity contribution in [3.05, 3.63) is 71.7 Å². The lowest BCUT2D eigenvalue weighted by Crippen LogP contribution is -2.43. The number of anilines is 1. The highest BCUT2D eigenvalue weighted by atomic mass is 32.2. The van der Waals surface area contributed by atoms with Gasteiger partial charge in [-0.3, -0.25) is 4.90 Å². The zero-order valence-corrected chi connectivity index (χ0v) is 21.4. The number of benzene rings is 2. The van der Waals surface area contributed by atoms with Gasteiger partial charge in [-0.05, 0) is 50.2 Å². The summed E-state index contributed by atoms with van der Waals surface area (Å²) >= 11 is 0. The second-order valence-electron chi connectivity index (χ2n) is 9.11. The number of hydrogen-bond donors (Lipinski definition) is 1. The Hall–Kier alpha value is -3.47. The van der Waals surface area contributed by atoms with Crippen molar-refractivity contribution in [2.45, 2.75) is 25.3 Å². The van der Waals surface area contributed by atoms with Gasteiger partial charge in [0, 0.05) is 49.4 Å². The molecule has 1 aliphatic rings. The van der Waals surface area contributed by atoms with E-state index in [9.17, 15) is 8.42 Å². The number of oxazole rings is 1. The van der Waals surface area contributed by atoms with Gasteiger partial charge in [-0.25, -0.2) is 18.1 Å². The molecule has 0 saturated carbocycles. The summed E-state index contributed by atoms with van der Waals surface area (Å²) in [4.78, 5) is 9.15. The molecular formula is C26H29N5O4S. The number of nitrogens with zero attached hydrogens (tertiary/aromatic N) is 4. The average Bonchev–Trinajstić information content (AvgIpc) is 3.52. The quantitative estimate of drug-likeness (QED) is 0.398. The molecule has 2 aromatic heterocycles. The van der Waals surface area contributed by atoms with Gasteiger partial charge in [0.25, 0.3) is 10.0 Å². The number of hydrogen-bond acceptors (Lipinski definition) is 8. The minimum absolute atomic E-state index is 0.124. The van der Waals surface area contributed by atoms with Crippen LogP contribution in [-0.2, 0) is 16.6 Å². The molecule has 1 aliphatic heterocycles.